The van der Waals surface area contributed by atoms with Crippen LogP contribution in [0.15, 0.2) is 12.5 Å². The Bertz CT molecular complexity index is 701. The Hall–Kier alpha value is -2.18. The molecule has 2 fully saturated rings. The van der Waals surface area contributed by atoms with Crippen molar-refractivity contribution in [2.45, 2.75) is 25.8 Å². The van der Waals surface area contributed by atoms with Crippen molar-refractivity contribution in [3.8, 4) is 0 Å². The number of esters is 1. The zero-order valence-corrected chi connectivity index (χ0v) is 12.6. The van der Waals surface area contributed by atoms with Crippen LogP contribution in [0.2, 0.25) is 0 Å². The van der Waals surface area contributed by atoms with E-state index in [1.54, 1.807) is 17.2 Å². The molecule has 2 aliphatic rings. The first-order valence-corrected chi connectivity index (χ1v) is 7.74. The predicted octanol–water partition coefficient (Wildman–Crippen LogP) is 1.24. The summed E-state index contributed by atoms with van der Waals surface area (Å²) >= 11 is 0. The SMILES string of the molecule is COC(=O)Cn1ncc2c(N3C[C@H]4CCC[C@H]4C3)ncnc21. The maximum absolute atomic E-state index is 11.5. The highest BCUT2D eigenvalue weighted by atomic mass is 16.5. The maximum Gasteiger partial charge on any atom is 0.327 e. The second kappa shape index (κ2) is 5.23. The minimum absolute atomic E-state index is 0.0711. The molecule has 0 bridgehead atoms. The van der Waals surface area contributed by atoms with E-state index >= 15 is 0 Å². The molecule has 2 atom stereocenters. The van der Waals surface area contributed by atoms with E-state index in [1.807, 2.05) is 0 Å². The summed E-state index contributed by atoms with van der Waals surface area (Å²) in [7, 11) is 1.37. The van der Waals surface area contributed by atoms with Crippen molar-refractivity contribution in [1.82, 2.24) is 19.7 Å². The van der Waals surface area contributed by atoms with Crippen molar-refractivity contribution in [2.75, 3.05) is 25.1 Å². The molecule has 7 heteroatoms. The smallest absolute Gasteiger partial charge is 0.327 e. The first kappa shape index (κ1) is 13.5. The molecule has 1 saturated carbocycles. The average molecular weight is 301 g/mol. The van der Waals surface area contributed by atoms with Crippen LogP contribution in [0.25, 0.3) is 11.0 Å². The Kier molecular flexibility index (Phi) is 3.20. The molecule has 2 aromatic rings. The van der Waals surface area contributed by atoms with Crippen LogP contribution < -0.4 is 4.90 Å². The van der Waals surface area contributed by atoms with Crippen LogP contribution in [-0.2, 0) is 16.1 Å². The van der Waals surface area contributed by atoms with Gasteiger partial charge in [0.15, 0.2) is 5.65 Å². The van der Waals surface area contributed by atoms with Gasteiger partial charge in [0.1, 0.15) is 18.7 Å². The van der Waals surface area contributed by atoms with Crippen molar-refractivity contribution < 1.29 is 9.53 Å². The van der Waals surface area contributed by atoms with Gasteiger partial charge in [0.2, 0.25) is 0 Å². The van der Waals surface area contributed by atoms with Crippen molar-refractivity contribution in [1.29, 1.82) is 0 Å². The first-order chi connectivity index (χ1) is 10.8. The summed E-state index contributed by atoms with van der Waals surface area (Å²) in [5.41, 5.74) is 0.687. The van der Waals surface area contributed by atoms with Gasteiger partial charge in [-0.3, -0.25) is 4.79 Å². The summed E-state index contributed by atoms with van der Waals surface area (Å²) in [4.78, 5) is 22.6. The van der Waals surface area contributed by atoms with Crippen LogP contribution >= 0.6 is 0 Å². The Morgan fingerprint density at radius 2 is 2.09 bits per heavy atom. The molecular weight excluding hydrogens is 282 g/mol. The van der Waals surface area contributed by atoms with Crippen LogP contribution in [-0.4, -0.2) is 45.9 Å². The number of rotatable bonds is 3. The number of aromatic nitrogens is 4. The fraction of sp³-hybridized carbons (Fsp3) is 0.600. The number of carbonyl (C=O) groups excluding carboxylic acids is 1. The van der Waals surface area contributed by atoms with Crippen molar-refractivity contribution in [3.63, 3.8) is 0 Å². The number of hydrogen-bond acceptors (Lipinski definition) is 6. The van der Waals surface area contributed by atoms with E-state index in [4.69, 9.17) is 4.74 Å². The molecule has 1 aliphatic carbocycles. The van der Waals surface area contributed by atoms with Gasteiger partial charge in [-0.15, -0.1) is 0 Å². The molecule has 0 spiro atoms. The Morgan fingerprint density at radius 3 is 2.82 bits per heavy atom. The molecule has 22 heavy (non-hydrogen) atoms. The van der Waals surface area contributed by atoms with Gasteiger partial charge >= 0.3 is 5.97 Å². The first-order valence-electron chi connectivity index (χ1n) is 7.74. The number of methoxy groups -OCH3 is 1. The lowest BCUT2D eigenvalue weighted by molar-refractivity contribution is -0.141. The zero-order chi connectivity index (χ0) is 15.1. The molecule has 1 saturated heterocycles. The molecule has 7 nitrogen and oxygen atoms in total. The number of hydrogen-bond donors (Lipinski definition) is 0. The Morgan fingerprint density at radius 1 is 1.32 bits per heavy atom. The van der Waals surface area contributed by atoms with Crippen LogP contribution in [0, 0.1) is 11.8 Å². The molecule has 0 radical (unpaired) electrons. The van der Waals surface area contributed by atoms with Gasteiger partial charge in [0, 0.05) is 13.1 Å². The van der Waals surface area contributed by atoms with Crippen molar-refractivity contribution in [3.05, 3.63) is 12.5 Å². The number of carbonyl (C=O) groups is 1. The summed E-state index contributed by atoms with van der Waals surface area (Å²) in [5, 5.41) is 5.18. The highest BCUT2D eigenvalue weighted by molar-refractivity contribution is 5.87. The largest absolute Gasteiger partial charge is 0.468 e. The predicted molar refractivity (Wildman–Crippen MR) is 80.4 cm³/mol. The van der Waals surface area contributed by atoms with Crippen molar-refractivity contribution >= 4 is 22.8 Å². The molecule has 0 aromatic carbocycles. The van der Waals surface area contributed by atoms with E-state index in [0.717, 1.165) is 36.1 Å². The lowest BCUT2D eigenvalue weighted by Gasteiger charge is -2.18. The van der Waals surface area contributed by atoms with Gasteiger partial charge in [-0.2, -0.15) is 5.10 Å². The Balaban J connectivity index is 1.66. The fourth-order valence-corrected chi connectivity index (χ4v) is 3.84. The quantitative estimate of drug-likeness (QED) is 0.794. The third kappa shape index (κ3) is 2.12. The molecular formula is C15H19N5O2. The number of ether oxygens (including phenoxy) is 1. The Labute approximate surface area is 128 Å². The summed E-state index contributed by atoms with van der Waals surface area (Å²) in [5.74, 6) is 2.21. The number of nitrogens with zero attached hydrogens (tertiary/aromatic N) is 5. The zero-order valence-electron chi connectivity index (χ0n) is 12.6. The maximum atomic E-state index is 11.5. The molecule has 0 unspecified atom stereocenters. The lowest BCUT2D eigenvalue weighted by Crippen LogP contribution is -2.22. The summed E-state index contributed by atoms with van der Waals surface area (Å²) in [6.07, 6.45) is 7.33. The highest BCUT2D eigenvalue weighted by Crippen LogP contribution is 2.40. The van der Waals surface area contributed by atoms with Gasteiger partial charge in [0.05, 0.1) is 18.7 Å². The second-order valence-electron chi connectivity index (χ2n) is 6.17. The number of fused-ring (bicyclic) bond motifs is 2. The molecule has 3 heterocycles. The van der Waals surface area contributed by atoms with Gasteiger partial charge in [-0.1, -0.05) is 6.42 Å². The van der Waals surface area contributed by atoms with Gasteiger partial charge in [0.25, 0.3) is 0 Å². The van der Waals surface area contributed by atoms with Crippen LogP contribution in [0.1, 0.15) is 19.3 Å². The minimum atomic E-state index is -0.333. The van der Waals surface area contributed by atoms with E-state index in [0.29, 0.717) is 5.65 Å². The highest BCUT2D eigenvalue weighted by Gasteiger charge is 2.37. The molecule has 0 amide bonds. The van der Waals surface area contributed by atoms with E-state index < -0.39 is 0 Å². The van der Waals surface area contributed by atoms with Crippen LogP contribution in [0.4, 0.5) is 5.82 Å². The van der Waals surface area contributed by atoms with E-state index in [-0.39, 0.29) is 12.5 Å². The average Bonchev–Trinajstić information content (AvgIpc) is 3.21. The van der Waals surface area contributed by atoms with E-state index in [2.05, 4.69) is 20.0 Å². The van der Waals surface area contributed by atoms with Gasteiger partial charge in [-0.05, 0) is 24.7 Å². The fourth-order valence-electron chi connectivity index (χ4n) is 3.84. The number of anilines is 1. The molecule has 4 rings (SSSR count). The van der Waals surface area contributed by atoms with Crippen LogP contribution in [0.3, 0.4) is 0 Å². The topological polar surface area (TPSA) is 73.1 Å². The van der Waals surface area contributed by atoms with Gasteiger partial charge in [-0.25, -0.2) is 14.6 Å². The summed E-state index contributed by atoms with van der Waals surface area (Å²) in [6.45, 7) is 2.21. The summed E-state index contributed by atoms with van der Waals surface area (Å²) in [6, 6.07) is 0. The second-order valence-corrected chi connectivity index (χ2v) is 6.17. The lowest BCUT2D eigenvalue weighted by atomic mass is 10.0. The monoisotopic (exact) mass is 301 g/mol. The van der Waals surface area contributed by atoms with Crippen LogP contribution in [0.5, 0.6) is 0 Å². The molecule has 0 N–H and O–H groups in total. The van der Waals surface area contributed by atoms with E-state index in [1.165, 1.54) is 26.4 Å². The third-order valence-electron chi connectivity index (χ3n) is 4.94. The molecule has 2 aromatic heterocycles. The third-order valence-corrected chi connectivity index (χ3v) is 4.94. The standard InChI is InChI=1S/C15H19N5O2/c1-22-13(21)8-20-15-12(5-18-20)14(16-9-17-15)19-6-10-3-2-4-11(10)7-19/h5,9-11H,2-4,6-8H2,1H3/t10-,11+. The minimum Gasteiger partial charge on any atom is -0.468 e. The summed E-state index contributed by atoms with van der Waals surface area (Å²) < 4.78 is 6.27. The normalized spacial score (nSPS) is 24.0. The molecule has 116 valence electrons. The van der Waals surface area contributed by atoms with E-state index in [9.17, 15) is 4.79 Å². The van der Waals surface area contributed by atoms with Crippen molar-refractivity contribution in [2.24, 2.45) is 11.8 Å². The van der Waals surface area contributed by atoms with Gasteiger partial charge < -0.3 is 9.64 Å². The molecule has 1 aliphatic heterocycles.